The Morgan fingerprint density at radius 2 is 2.45 bits per heavy atom. The summed E-state index contributed by atoms with van der Waals surface area (Å²) >= 11 is 0. The van der Waals surface area contributed by atoms with Crippen LogP contribution in [0.25, 0.3) is 0 Å². The first kappa shape index (κ1) is 7.08. The molecule has 0 aromatic rings. The Morgan fingerprint density at radius 3 is 3.00 bits per heavy atom. The molecule has 0 aliphatic heterocycles. The van der Waals surface area contributed by atoms with Crippen LogP contribution in [-0.2, 0) is 4.79 Å². The van der Waals surface area contributed by atoms with Crippen molar-refractivity contribution in [2.24, 2.45) is 17.3 Å². The molecule has 0 bridgehead atoms. The van der Waals surface area contributed by atoms with Crippen LogP contribution in [0, 0.1) is 17.3 Å². The standard InChI is InChI=1S/C10H14O/c1-3-7-8-5-4-6-9(11)10(7,8)2/h3,7-8H,1,4-6H2,2H3/t7-,8-,10+/m0/s1. The predicted molar refractivity (Wildman–Crippen MR) is 44.1 cm³/mol. The minimum Gasteiger partial charge on any atom is -0.299 e. The van der Waals surface area contributed by atoms with Crippen LogP contribution in [0.4, 0.5) is 0 Å². The highest BCUT2D eigenvalue weighted by molar-refractivity contribution is 5.89. The zero-order valence-electron chi connectivity index (χ0n) is 6.97. The number of hydrogen-bond acceptors (Lipinski definition) is 1. The van der Waals surface area contributed by atoms with Crippen LogP contribution in [0.15, 0.2) is 12.7 Å². The Kier molecular flexibility index (Phi) is 1.26. The SMILES string of the molecule is C=C[C@H]1[C@@H]2CCCC(=O)[C@]12C. The summed E-state index contributed by atoms with van der Waals surface area (Å²) in [5.74, 6) is 1.61. The number of rotatable bonds is 1. The summed E-state index contributed by atoms with van der Waals surface area (Å²) in [6.07, 6.45) is 5.10. The van der Waals surface area contributed by atoms with Gasteiger partial charge in [0, 0.05) is 11.8 Å². The maximum Gasteiger partial charge on any atom is 0.139 e. The summed E-state index contributed by atoms with van der Waals surface area (Å²) in [5, 5.41) is 0. The van der Waals surface area contributed by atoms with Gasteiger partial charge in [-0.25, -0.2) is 0 Å². The third kappa shape index (κ3) is 0.688. The normalized spacial score (nSPS) is 48.3. The van der Waals surface area contributed by atoms with Crippen LogP contribution in [0.3, 0.4) is 0 Å². The number of allylic oxidation sites excluding steroid dienone is 1. The van der Waals surface area contributed by atoms with Gasteiger partial charge in [0.2, 0.25) is 0 Å². The fourth-order valence-corrected chi connectivity index (χ4v) is 2.67. The van der Waals surface area contributed by atoms with E-state index < -0.39 is 0 Å². The molecule has 0 amide bonds. The third-order valence-electron chi connectivity index (χ3n) is 3.56. The third-order valence-corrected chi connectivity index (χ3v) is 3.56. The Hall–Kier alpha value is -0.590. The molecule has 0 aromatic heterocycles. The first-order valence-electron chi connectivity index (χ1n) is 4.37. The van der Waals surface area contributed by atoms with E-state index in [4.69, 9.17) is 0 Å². The summed E-state index contributed by atoms with van der Waals surface area (Å²) in [5.41, 5.74) is 0.0139. The quantitative estimate of drug-likeness (QED) is 0.523. The number of carbonyl (C=O) groups is 1. The van der Waals surface area contributed by atoms with Gasteiger partial charge in [-0.2, -0.15) is 0 Å². The lowest BCUT2D eigenvalue weighted by atomic mass is 9.88. The van der Waals surface area contributed by atoms with Crippen molar-refractivity contribution in [1.29, 1.82) is 0 Å². The van der Waals surface area contributed by atoms with Crippen molar-refractivity contribution in [2.75, 3.05) is 0 Å². The Bertz CT molecular complexity index is 219. The summed E-state index contributed by atoms with van der Waals surface area (Å²) in [7, 11) is 0. The molecule has 60 valence electrons. The van der Waals surface area contributed by atoms with Crippen molar-refractivity contribution in [3.63, 3.8) is 0 Å². The summed E-state index contributed by atoms with van der Waals surface area (Å²) in [6.45, 7) is 5.88. The van der Waals surface area contributed by atoms with Crippen molar-refractivity contribution in [2.45, 2.75) is 26.2 Å². The van der Waals surface area contributed by atoms with Crippen LogP contribution in [-0.4, -0.2) is 5.78 Å². The van der Waals surface area contributed by atoms with Crippen LogP contribution in [0.2, 0.25) is 0 Å². The number of carbonyl (C=O) groups excluding carboxylic acids is 1. The van der Waals surface area contributed by atoms with E-state index in [1.807, 2.05) is 6.08 Å². The van der Waals surface area contributed by atoms with E-state index in [1.165, 1.54) is 6.42 Å². The smallest absolute Gasteiger partial charge is 0.139 e. The minimum atomic E-state index is 0.0139. The predicted octanol–water partition coefficient (Wildman–Crippen LogP) is 2.18. The largest absolute Gasteiger partial charge is 0.299 e. The van der Waals surface area contributed by atoms with Gasteiger partial charge < -0.3 is 0 Å². The molecule has 2 saturated carbocycles. The van der Waals surface area contributed by atoms with Crippen LogP contribution < -0.4 is 0 Å². The van der Waals surface area contributed by atoms with Gasteiger partial charge in [-0.3, -0.25) is 4.79 Å². The first-order chi connectivity index (χ1) is 5.21. The fraction of sp³-hybridized carbons (Fsp3) is 0.700. The average molecular weight is 150 g/mol. The topological polar surface area (TPSA) is 17.1 Å². The van der Waals surface area contributed by atoms with Gasteiger partial charge in [0.05, 0.1) is 0 Å². The lowest BCUT2D eigenvalue weighted by Gasteiger charge is -2.14. The van der Waals surface area contributed by atoms with Gasteiger partial charge >= 0.3 is 0 Å². The molecule has 3 atom stereocenters. The molecule has 0 aromatic carbocycles. The zero-order valence-corrected chi connectivity index (χ0v) is 6.97. The second-order valence-electron chi connectivity index (χ2n) is 3.97. The molecule has 2 aliphatic rings. The highest BCUT2D eigenvalue weighted by atomic mass is 16.1. The second kappa shape index (κ2) is 1.96. The van der Waals surface area contributed by atoms with E-state index in [1.54, 1.807) is 0 Å². The molecular formula is C10H14O. The molecule has 2 fully saturated rings. The zero-order chi connectivity index (χ0) is 8.06. The van der Waals surface area contributed by atoms with Crippen molar-refractivity contribution in [1.82, 2.24) is 0 Å². The van der Waals surface area contributed by atoms with Crippen LogP contribution in [0.5, 0.6) is 0 Å². The lowest BCUT2D eigenvalue weighted by molar-refractivity contribution is -0.125. The molecule has 2 rings (SSSR count). The van der Waals surface area contributed by atoms with Crippen LogP contribution in [0.1, 0.15) is 26.2 Å². The molecular weight excluding hydrogens is 136 g/mol. The monoisotopic (exact) mass is 150 g/mol. The summed E-state index contributed by atoms with van der Waals surface area (Å²) < 4.78 is 0. The fourth-order valence-electron chi connectivity index (χ4n) is 2.67. The van der Waals surface area contributed by atoms with E-state index in [0.29, 0.717) is 17.6 Å². The Labute approximate surface area is 67.5 Å². The van der Waals surface area contributed by atoms with Gasteiger partial charge in [-0.1, -0.05) is 13.0 Å². The van der Waals surface area contributed by atoms with E-state index >= 15 is 0 Å². The van der Waals surface area contributed by atoms with Crippen molar-refractivity contribution < 1.29 is 4.79 Å². The van der Waals surface area contributed by atoms with Crippen molar-refractivity contribution in [3.8, 4) is 0 Å². The number of ketones is 1. The molecule has 0 unspecified atom stereocenters. The molecule has 0 spiro atoms. The Balaban J connectivity index is 2.24. The molecule has 11 heavy (non-hydrogen) atoms. The summed E-state index contributed by atoms with van der Waals surface area (Å²) in [4.78, 5) is 11.5. The van der Waals surface area contributed by atoms with Crippen molar-refractivity contribution >= 4 is 5.78 Å². The highest BCUT2D eigenvalue weighted by Crippen LogP contribution is 2.64. The number of hydrogen-bond donors (Lipinski definition) is 0. The Morgan fingerprint density at radius 1 is 1.73 bits per heavy atom. The average Bonchev–Trinajstić information content (AvgIpc) is 2.58. The number of fused-ring (bicyclic) bond motifs is 1. The molecule has 0 heterocycles. The molecule has 0 radical (unpaired) electrons. The maximum atomic E-state index is 11.5. The maximum absolute atomic E-state index is 11.5. The molecule has 1 nitrogen and oxygen atoms in total. The van der Waals surface area contributed by atoms with E-state index in [0.717, 1.165) is 12.8 Å². The molecule has 0 saturated heterocycles. The van der Waals surface area contributed by atoms with Crippen molar-refractivity contribution in [3.05, 3.63) is 12.7 Å². The first-order valence-corrected chi connectivity index (χ1v) is 4.37. The van der Waals surface area contributed by atoms with E-state index in [2.05, 4.69) is 13.5 Å². The van der Waals surface area contributed by atoms with Gasteiger partial charge in [-0.05, 0) is 24.7 Å². The minimum absolute atomic E-state index is 0.0139. The van der Waals surface area contributed by atoms with Gasteiger partial charge in [0.15, 0.2) is 0 Å². The molecule has 0 N–H and O–H groups in total. The number of Topliss-reactive ketones (excluding diaryl/α,β-unsaturated/α-hetero) is 1. The second-order valence-corrected chi connectivity index (χ2v) is 3.97. The lowest BCUT2D eigenvalue weighted by Crippen LogP contribution is -2.18. The van der Waals surface area contributed by atoms with Gasteiger partial charge in [0.25, 0.3) is 0 Å². The van der Waals surface area contributed by atoms with E-state index in [9.17, 15) is 4.79 Å². The van der Waals surface area contributed by atoms with Gasteiger partial charge in [0.1, 0.15) is 5.78 Å². The van der Waals surface area contributed by atoms with Crippen LogP contribution >= 0.6 is 0 Å². The molecule has 2 aliphatic carbocycles. The highest BCUT2D eigenvalue weighted by Gasteiger charge is 2.64. The van der Waals surface area contributed by atoms with Gasteiger partial charge in [-0.15, -0.1) is 6.58 Å². The van der Waals surface area contributed by atoms with E-state index in [-0.39, 0.29) is 5.41 Å². The summed E-state index contributed by atoms with van der Waals surface area (Å²) in [6, 6.07) is 0. The molecule has 1 heteroatoms.